The minimum absolute atomic E-state index is 0.151. The molecule has 1 aliphatic rings. The standard InChI is InChI=1S/C22H21F3N2O4/c1-14(28)31-19-4-2-3-16(13-19)20(29)26-18-9-11-27(12-10-18)21(30)15-5-7-17(8-6-15)22(23,24)25/h2-8,13,18H,9-12H2,1H3,(H,26,29). The van der Waals surface area contributed by atoms with Gasteiger partial charge in [-0.25, -0.2) is 0 Å². The molecule has 0 radical (unpaired) electrons. The van der Waals surface area contributed by atoms with Crippen LogP contribution in [0.15, 0.2) is 48.5 Å². The summed E-state index contributed by atoms with van der Waals surface area (Å²) in [5.74, 6) is -0.867. The molecule has 1 fully saturated rings. The van der Waals surface area contributed by atoms with Crippen molar-refractivity contribution in [3.8, 4) is 5.75 Å². The second kappa shape index (κ2) is 9.20. The smallest absolute Gasteiger partial charge is 0.416 e. The lowest BCUT2D eigenvalue weighted by atomic mass is 10.0. The minimum atomic E-state index is -4.45. The van der Waals surface area contributed by atoms with Gasteiger partial charge in [0.15, 0.2) is 0 Å². The molecule has 164 valence electrons. The van der Waals surface area contributed by atoms with Crippen LogP contribution in [-0.4, -0.2) is 41.8 Å². The zero-order valence-electron chi connectivity index (χ0n) is 16.7. The van der Waals surface area contributed by atoms with Crippen LogP contribution in [0.3, 0.4) is 0 Å². The summed E-state index contributed by atoms with van der Waals surface area (Å²) in [6.45, 7) is 2.02. The fraction of sp³-hybridized carbons (Fsp3) is 0.318. The first-order valence-corrected chi connectivity index (χ1v) is 9.69. The average molecular weight is 434 g/mol. The molecule has 31 heavy (non-hydrogen) atoms. The molecule has 0 aromatic heterocycles. The van der Waals surface area contributed by atoms with E-state index >= 15 is 0 Å². The number of hydrogen-bond acceptors (Lipinski definition) is 4. The first kappa shape index (κ1) is 22.3. The van der Waals surface area contributed by atoms with Gasteiger partial charge in [0.1, 0.15) is 5.75 Å². The van der Waals surface area contributed by atoms with E-state index in [1.54, 1.807) is 23.1 Å². The van der Waals surface area contributed by atoms with Crippen LogP contribution >= 0.6 is 0 Å². The van der Waals surface area contributed by atoms with E-state index in [4.69, 9.17) is 4.74 Å². The molecule has 1 N–H and O–H groups in total. The molecule has 2 amide bonds. The van der Waals surface area contributed by atoms with E-state index < -0.39 is 17.7 Å². The first-order chi connectivity index (χ1) is 14.6. The predicted octanol–water partition coefficient (Wildman–Crippen LogP) is 3.67. The minimum Gasteiger partial charge on any atom is -0.427 e. The maximum Gasteiger partial charge on any atom is 0.416 e. The number of hydrogen-bond donors (Lipinski definition) is 1. The van der Waals surface area contributed by atoms with Gasteiger partial charge in [-0.3, -0.25) is 14.4 Å². The molecule has 6 nitrogen and oxygen atoms in total. The van der Waals surface area contributed by atoms with E-state index in [9.17, 15) is 27.6 Å². The molecule has 1 heterocycles. The molecule has 2 aromatic rings. The highest BCUT2D eigenvalue weighted by Gasteiger charge is 2.31. The Kier molecular flexibility index (Phi) is 6.62. The zero-order chi connectivity index (χ0) is 22.6. The molecule has 0 aliphatic carbocycles. The van der Waals surface area contributed by atoms with E-state index in [1.807, 2.05) is 0 Å². The summed E-state index contributed by atoms with van der Waals surface area (Å²) in [5.41, 5.74) is -0.261. The maximum atomic E-state index is 12.7. The van der Waals surface area contributed by atoms with Crippen LogP contribution in [0.2, 0.25) is 0 Å². The van der Waals surface area contributed by atoms with Gasteiger partial charge in [-0.2, -0.15) is 13.2 Å². The first-order valence-electron chi connectivity index (χ1n) is 9.69. The Morgan fingerprint density at radius 2 is 1.65 bits per heavy atom. The summed E-state index contributed by atoms with van der Waals surface area (Å²) >= 11 is 0. The number of amides is 2. The molecule has 3 rings (SSSR count). The van der Waals surface area contributed by atoms with E-state index in [0.29, 0.717) is 31.5 Å². The van der Waals surface area contributed by atoms with Gasteiger partial charge in [-0.05, 0) is 55.3 Å². The Balaban J connectivity index is 1.54. The summed E-state index contributed by atoms with van der Waals surface area (Å²) in [7, 11) is 0. The van der Waals surface area contributed by atoms with Gasteiger partial charge in [0.2, 0.25) is 0 Å². The fourth-order valence-electron chi connectivity index (χ4n) is 3.35. The lowest BCUT2D eigenvalue weighted by Gasteiger charge is -2.32. The van der Waals surface area contributed by atoms with Crippen molar-refractivity contribution in [3.05, 3.63) is 65.2 Å². The highest BCUT2D eigenvalue weighted by molar-refractivity contribution is 5.95. The number of likely N-dealkylation sites (tertiary alicyclic amines) is 1. The number of nitrogens with one attached hydrogen (secondary N) is 1. The summed E-state index contributed by atoms with van der Waals surface area (Å²) in [6, 6.07) is 10.2. The molecular formula is C22H21F3N2O4. The van der Waals surface area contributed by atoms with E-state index in [2.05, 4.69) is 5.32 Å². The van der Waals surface area contributed by atoms with E-state index in [-0.39, 0.29) is 29.2 Å². The van der Waals surface area contributed by atoms with Crippen LogP contribution in [0.5, 0.6) is 5.75 Å². The number of carbonyl (C=O) groups is 3. The molecule has 9 heteroatoms. The summed E-state index contributed by atoms with van der Waals surface area (Å²) < 4.78 is 43.0. The van der Waals surface area contributed by atoms with Crippen molar-refractivity contribution in [2.24, 2.45) is 0 Å². The van der Waals surface area contributed by atoms with Crippen molar-refractivity contribution in [2.75, 3.05) is 13.1 Å². The van der Waals surface area contributed by atoms with Crippen LogP contribution in [0, 0.1) is 0 Å². The third-order valence-corrected chi connectivity index (χ3v) is 4.93. The van der Waals surface area contributed by atoms with Crippen LogP contribution in [0.1, 0.15) is 46.0 Å². The number of piperidine rings is 1. The highest BCUT2D eigenvalue weighted by Crippen LogP contribution is 2.29. The van der Waals surface area contributed by atoms with E-state index in [1.165, 1.54) is 25.1 Å². The predicted molar refractivity (Wildman–Crippen MR) is 106 cm³/mol. The van der Waals surface area contributed by atoms with E-state index in [0.717, 1.165) is 12.1 Å². The molecule has 0 spiro atoms. The molecule has 0 unspecified atom stereocenters. The lowest BCUT2D eigenvalue weighted by Crippen LogP contribution is -2.46. The molecule has 0 atom stereocenters. The largest absolute Gasteiger partial charge is 0.427 e. The summed E-state index contributed by atoms with van der Waals surface area (Å²) in [4.78, 5) is 37.6. The van der Waals surface area contributed by atoms with Crippen LogP contribution in [0.25, 0.3) is 0 Å². The molecule has 0 saturated carbocycles. The second-order valence-electron chi connectivity index (χ2n) is 7.24. The molecule has 1 aliphatic heterocycles. The molecule has 0 bridgehead atoms. The monoisotopic (exact) mass is 434 g/mol. The van der Waals surface area contributed by atoms with Crippen molar-refractivity contribution >= 4 is 17.8 Å². The van der Waals surface area contributed by atoms with Gasteiger partial charge in [-0.15, -0.1) is 0 Å². The van der Waals surface area contributed by atoms with Crippen LogP contribution < -0.4 is 10.1 Å². The number of ether oxygens (including phenoxy) is 1. The van der Waals surface area contributed by atoms with Crippen molar-refractivity contribution in [1.29, 1.82) is 0 Å². The van der Waals surface area contributed by atoms with Gasteiger partial charge >= 0.3 is 12.1 Å². The Bertz CT molecular complexity index is 965. The zero-order valence-corrected chi connectivity index (χ0v) is 16.7. The average Bonchev–Trinajstić information content (AvgIpc) is 2.73. The Labute approximate surface area is 177 Å². The molecule has 1 saturated heterocycles. The number of halogens is 3. The third kappa shape index (κ3) is 5.84. The Hall–Kier alpha value is -3.36. The lowest BCUT2D eigenvalue weighted by molar-refractivity contribution is -0.137. The SMILES string of the molecule is CC(=O)Oc1cccc(C(=O)NC2CCN(C(=O)c3ccc(C(F)(F)F)cc3)CC2)c1. The highest BCUT2D eigenvalue weighted by atomic mass is 19.4. The summed E-state index contributed by atoms with van der Waals surface area (Å²) in [6.07, 6.45) is -3.42. The van der Waals surface area contributed by atoms with Crippen molar-refractivity contribution in [3.63, 3.8) is 0 Å². The van der Waals surface area contributed by atoms with Crippen LogP contribution in [0.4, 0.5) is 13.2 Å². The van der Waals surface area contributed by atoms with Gasteiger partial charge in [0, 0.05) is 37.2 Å². The van der Waals surface area contributed by atoms with Crippen molar-refractivity contribution in [2.45, 2.75) is 32.0 Å². The number of nitrogens with zero attached hydrogens (tertiary/aromatic N) is 1. The molecular weight excluding hydrogens is 413 g/mol. The topological polar surface area (TPSA) is 75.7 Å². The number of benzene rings is 2. The Morgan fingerprint density at radius 3 is 2.23 bits per heavy atom. The normalized spacial score (nSPS) is 14.8. The van der Waals surface area contributed by atoms with Gasteiger partial charge in [0.05, 0.1) is 5.56 Å². The van der Waals surface area contributed by atoms with Crippen molar-refractivity contribution in [1.82, 2.24) is 10.2 Å². The van der Waals surface area contributed by atoms with Crippen LogP contribution in [-0.2, 0) is 11.0 Å². The third-order valence-electron chi connectivity index (χ3n) is 4.93. The van der Waals surface area contributed by atoms with Gasteiger partial charge in [0.25, 0.3) is 11.8 Å². The maximum absolute atomic E-state index is 12.7. The number of esters is 1. The second-order valence-corrected chi connectivity index (χ2v) is 7.24. The summed E-state index contributed by atoms with van der Waals surface area (Å²) in [5, 5.41) is 2.90. The number of carbonyl (C=O) groups excluding carboxylic acids is 3. The van der Waals surface area contributed by atoms with Crippen molar-refractivity contribution < 1.29 is 32.3 Å². The van der Waals surface area contributed by atoms with Gasteiger partial charge in [-0.1, -0.05) is 6.07 Å². The Morgan fingerprint density at radius 1 is 1.00 bits per heavy atom. The molecule has 2 aromatic carbocycles. The van der Waals surface area contributed by atoms with Gasteiger partial charge < -0.3 is 15.0 Å². The number of alkyl halides is 3. The quantitative estimate of drug-likeness (QED) is 0.589. The fourth-order valence-corrected chi connectivity index (χ4v) is 3.35. The number of rotatable bonds is 4.